The molecule has 0 bridgehead atoms. The predicted octanol–water partition coefficient (Wildman–Crippen LogP) is 11.2. The van der Waals surface area contributed by atoms with Crippen LogP contribution in [0.5, 0.6) is 5.75 Å². The zero-order chi connectivity index (χ0) is 34.5. The van der Waals surface area contributed by atoms with Crippen molar-refractivity contribution in [3.8, 4) is 16.9 Å². The monoisotopic (exact) mass is 632 g/mol. The van der Waals surface area contributed by atoms with Gasteiger partial charge in [0.25, 0.3) is 0 Å². The first-order chi connectivity index (χ1) is 22.3. The minimum Gasteiger partial charge on any atom is -0.456 e. The summed E-state index contributed by atoms with van der Waals surface area (Å²) >= 11 is 0. The van der Waals surface area contributed by atoms with Crippen molar-refractivity contribution >= 4 is 11.9 Å². The fourth-order valence-electron chi connectivity index (χ4n) is 6.14. The Morgan fingerprint density at radius 2 is 1.04 bits per heavy atom. The molecule has 4 aromatic carbocycles. The van der Waals surface area contributed by atoms with Crippen molar-refractivity contribution in [2.24, 2.45) is 0 Å². The highest BCUT2D eigenvalue weighted by Crippen LogP contribution is 2.36. The number of rotatable bonds is 12. The lowest BCUT2D eigenvalue weighted by atomic mass is 9.74. The van der Waals surface area contributed by atoms with E-state index in [0.717, 1.165) is 54.4 Å². The number of benzene rings is 4. The fourth-order valence-corrected chi connectivity index (χ4v) is 6.14. The van der Waals surface area contributed by atoms with Gasteiger partial charge in [0.05, 0.1) is 11.1 Å². The Labute approximate surface area is 282 Å². The molecule has 0 radical (unpaired) electrons. The van der Waals surface area contributed by atoms with Crippen LogP contribution in [0.3, 0.4) is 0 Å². The van der Waals surface area contributed by atoms with E-state index in [4.69, 9.17) is 9.47 Å². The maximum absolute atomic E-state index is 13.2. The SMILES string of the molecule is CCC(C)(CC)OC(=O)c1ccc(-c2ccc(C(=O)Oc3cc(C)c(Cc4cc(C)c(C(C)(CC)CC)cc4C)cc3C)cc2)cc1. The lowest BCUT2D eigenvalue weighted by Gasteiger charge is -2.30. The number of aryl methyl sites for hydroxylation is 4. The molecule has 0 aliphatic heterocycles. The van der Waals surface area contributed by atoms with Gasteiger partial charge in [0, 0.05) is 0 Å². The number of carbonyl (C=O) groups excluding carboxylic acids is 2. The standard InChI is InChI=1S/C43H52O4/c1-11-42(9,12-2)38-25-28(5)36(23-30(38)7)27-37-24-31(8)39(26-29(37)6)46-40(44)34-19-15-32(16-20-34)33-17-21-35(22-18-33)41(45)47-43(10,13-3)14-4/h15-26H,11-14,27H2,1-10H3. The molecule has 0 amide bonds. The smallest absolute Gasteiger partial charge is 0.343 e. The minimum absolute atomic E-state index is 0.194. The predicted molar refractivity (Wildman–Crippen MR) is 194 cm³/mol. The molecule has 0 atom stereocenters. The third-order valence-corrected chi connectivity index (χ3v) is 10.5. The van der Waals surface area contributed by atoms with Crippen LogP contribution in [0.15, 0.2) is 72.8 Å². The molecule has 4 rings (SSSR count). The zero-order valence-electron chi connectivity index (χ0n) is 30.1. The van der Waals surface area contributed by atoms with Crippen LogP contribution in [0.1, 0.15) is 127 Å². The summed E-state index contributed by atoms with van der Waals surface area (Å²) in [4.78, 5) is 25.8. The average molecular weight is 633 g/mol. The highest BCUT2D eigenvalue weighted by Gasteiger charge is 2.26. The van der Waals surface area contributed by atoms with Crippen LogP contribution in [-0.2, 0) is 16.6 Å². The lowest BCUT2D eigenvalue weighted by molar-refractivity contribution is -0.0131. The van der Waals surface area contributed by atoms with Gasteiger partial charge in [-0.25, -0.2) is 9.59 Å². The van der Waals surface area contributed by atoms with E-state index in [0.29, 0.717) is 16.9 Å². The summed E-state index contributed by atoms with van der Waals surface area (Å²) in [6, 6.07) is 23.6. The summed E-state index contributed by atoms with van der Waals surface area (Å²) in [5, 5.41) is 0. The molecular formula is C43H52O4. The van der Waals surface area contributed by atoms with Crippen LogP contribution in [-0.4, -0.2) is 17.5 Å². The Hall–Kier alpha value is -4.18. The van der Waals surface area contributed by atoms with E-state index in [1.165, 1.54) is 27.8 Å². The van der Waals surface area contributed by atoms with E-state index in [9.17, 15) is 9.59 Å². The fraction of sp³-hybridized carbons (Fsp3) is 0.395. The number of carbonyl (C=O) groups is 2. The molecule has 0 saturated heterocycles. The quantitative estimate of drug-likeness (QED) is 0.115. The van der Waals surface area contributed by atoms with E-state index in [-0.39, 0.29) is 11.4 Å². The Morgan fingerprint density at radius 3 is 1.53 bits per heavy atom. The van der Waals surface area contributed by atoms with Crippen LogP contribution in [0, 0.1) is 27.7 Å². The van der Waals surface area contributed by atoms with Crippen LogP contribution < -0.4 is 4.74 Å². The first-order valence-corrected chi connectivity index (χ1v) is 17.1. The highest BCUT2D eigenvalue weighted by molar-refractivity contribution is 5.92. The Morgan fingerprint density at radius 1 is 0.574 bits per heavy atom. The molecule has 0 N–H and O–H groups in total. The molecule has 0 spiro atoms. The van der Waals surface area contributed by atoms with Gasteiger partial charge in [-0.15, -0.1) is 0 Å². The second kappa shape index (κ2) is 14.7. The Kier molecular flexibility index (Phi) is 11.2. The number of hydrogen-bond acceptors (Lipinski definition) is 4. The molecule has 0 aliphatic rings. The first kappa shape index (κ1) is 35.7. The van der Waals surface area contributed by atoms with Crippen molar-refractivity contribution < 1.29 is 19.1 Å². The summed E-state index contributed by atoms with van der Waals surface area (Å²) in [5.74, 6) is -0.128. The Bertz CT molecular complexity index is 1720. The van der Waals surface area contributed by atoms with Crippen molar-refractivity contribution in [3.63, 3.8) is 0 Å². The molecule has 47 heavy (non-hydrogen) atoms. The van der Waals surface area contributed by atoms with Gasteiger partial charge in [0.1, 0.15) is 11.4 Å². The van der Waals surface area contributed by atoms with Gasteiger partial charge in [-0.3, -0.25) is 0 Å². The molecule has 248 valence electrons. The van der Waals surface area contributed by atoms with Crippen molar-refractivity contribution in [1.82, 2.24) is 0 Å². The summed E-state index contributed by atoms with van der Waals surface area (Å²) in [5.41, 5.74) is 11.3. The summed E-state index contributed by atoms with van der Waals surface area (Å²) in [7, 11) is 0. The van der Waals surface area contributed by atoms with Crippen molar-refractivity contribution in [1.29, 1.82) is 0 Å². The van der Waals surface area contributed by atoms with E-state index >= 15 is 0 Å². The van der Waals surface area contributed by atoms with Crippen LogP contribution in [0.4, 0.5) is 0 Å². The molecule has 0 unspecified atom stereocenters. The van der Waals surface area contributed by atoms with Gasteiger partial charge >= 0.3 is 11.9 Å². The normalized spacial score (nSPS) is 11.8. The minimum atomic E-state index is -0.462. The third-order valence-electron chi connectivity index (χ3n) is 10.5. The van der Waals surface area contributed by atoms with Crippen molar-refractivity contribution in [2.75, 3.05) is 0 Å². The van der Waals surface area contributed by atoms with E-state index in [1.54, 1.807) is 24.3 Å². The maximum Gasteiger partial charge on any atom is 0.343 e. The van der Waals surface area contributed by atoms with Crippen LogP contribution in [0.2, 0.25) is 0 Å². The topological polar surface area (TPSA) is 52.6 Å². The van der Waals surface area contributed by atoms with Crippen molar-refractivity contribution in [2.45, 2.75) is 112 Å². The van der Waals surface area contributed by atoms with E-state index in [1.807, 2.05) is 58.0 Å². The zero-order valence-corrected chi connectivity index (χ0v) is 30.1. The third kappa shape index (κ3) is 8.04. The first-order valence-electron chi connectivity index (χ1n) is 17.1. The lowest BCUT2D eigenvalue weighted by Crippen LogP contribution is -2.30. The molecule has 0 heterocycles. The molecular weight excluding hydrogens is 580 g/mol. The highest BCUT2D eigenvalue weighted by atomic mass is 16.6. The number of hydrogen-bond donors (Lipinski definition) is 0. The number of ether oxygens (including phenoxy) is 2. The van der Waals surface area contributed by atoms with E-state index < -0.39 is 11.6 Å². The molecule has 0 fully saturated rings. The second-order valence-corrected chi connectivity index (χ2v) is 13.7. The average Bonchev–Trinajstić information content (AvgIpc) is 3.08. The molecule has 0 aliphatic carbocycles. The molecule has 0 saturated carbocycles. The largest absolute Gasteiger partial charge is 0.456 e. The van der Waals surface area contributed by atoms with Gasteiger partial charge in [-0.1, -0.05) is 77.1 Å². The van der Waals surface area contributed by atoms with Gasteiger partial charge in [-0.05, 0) is 153 Å². The van der Waals surface area contributed by atoms with Crippen molar-refractivity contribution in [3.05, 3.63) is 123 Å². The summed E-state index contributed by atoms with van der Waals surface area (Å²) in [6.45, 7) is 21.5. The molecule has 4 aromatic rings. The van der Waals surface area contributed by atoms with Crippen LogP contribution in [0.25, 0.3) is 11.1 Å². The van der Waals surface area contributed by atoms with Gasteiger partial charge in [0.15, 0.2) is 0 Å². The maximum atomic E-state index is 13.2. The molecule has 0 aromatic heterocycles. The van der Waals surface area contributed by atoms with Crippen LogP contribution >= 0.6 is 0 Å². The van der Waals surface area contributed by atoms with Gasteiger partial charge in [-0.2, -0.15) is 0 Å². The Balaban J connectivity index is 1.45. The number of esters is 2. The summed E-state index contributed by atoms with van der Waals surface area (Å²) < 4.78 is 11.6. The molecule has 4 nitrogen and oxygen atoms in total. The van der Waals surface area contributed by atoms with Gasteiger partial charge < -0.3 is 9.47 Å². The van der Waals surface area contributed by atoms with Gasteiger partial charge in [0.2, 0.25) is 0 Å². The van der Waals surface area contributed by atoms with E-state index in [2.05, 4.69) is 59.7 Å². The molecule has 4 heteroatoms. The second-order valence-electron chi connectivity index (χ2n) is 13.7. The summed E-state index contributed by atoms with van der Waals surface area (Å²) in [6.07, 6.45) is 4.61.